The van der Waals surface area contributed by atoms with Gasteiger partial charge in [0.1, 0.15) is 0 Å². The van der Waals surface area contributed by atoms with Crippen LogP contribution in [0.3, 0.4) is 0 Å². The lowest BCUT2D eigenvalue weighted by Crippen LogP contribution is -2.35. The van der Waals surface area contributed by atoms with Gasteiger partial charge in [0.25, 0.3) is 5.91 Å². The van der Waals surface area contributed by atoms with Crippen LogP contribution < -0.4 is 0 Å². The summed E-state index contributed by atoms with van der Waals surface area (Å²) in [5.41, 5.74) is 1.02. The number of hydrogen-bond donors (Lipinski definition) is 0. The summed E-state index contributed by atoms with van der Waals surface area (Å²) < 4.78 is 43.8. The number of alkyl halides is 3. The minimum atomic E-state index is -4.38. The summed E-state index contributed by atoms with van der Waals surface area (Å²) in [5.74, 6) is 0.215. The van der Waals surface area contributed by atoms with E-state index in [4.69, 9.17) is 4.74 Å². The number of halogens is 3. The summed E-state index contributed by atoms with van der Waals surface area (Å²) in [4.78, 5) is 14.9. The highest BCUT2D eigenvalue weighted by atomic mass is 19.4. The molecule has 1 heterocycles. The van der Waals surface area contributed by atoms with E-state index in [1.807, 2.05) is 6.92 Å². The van der Waals surface area contributed by atoms with Crippen LogP contribution in [0.1, 0.15) is 29.3 Å². The number of carbonyl (C=O) groups excluding carboxylic acids is 1. The lowest BCUT2D eigenvalue weighted by atomic mass is 9.97. The molecule has 1 aliphatic rings. The molecule has 1 saturated heterocycles. The number of rotatable bonds is 5. The van der Waals surface area contributed by atoms with E-state index in [0.717, 1.165) is 25.2 Å². The molecule has 0 radical (unpaired) electrons. The zero-order valence-electron chi connectivity index (χ0n) is 15.1. The van der Waals surface area contributed by atoms with Crippen molar-refractivity contribution in [3.63, 3.8) is 0 Å². The van der Waals surface area contributed by atoms with Crippen molar-refractivity contribution in [1.29, 1.82) is 0 Å². The maximum absolute atomic E-state index is 13.1. The van der Waals surface area contributed by atoms with Crippen molar-refractivity contribution < 1.29 is 22.7 Å². The molecule has 0 spiro atoms. The molecule has 3 nitrogen and oxygen atoms in total. The summed E-state index contributed by atoms with van der Waals surface area (Å²) in [6.07, 6.45) is -3.44. The molecule has 1 atom stereocenters. The Balaban J connectivity index is 1.87. The third-order valence-electron chi connectivity index (χ3n) is 4.85. The van der Waals surface area contributed by atoms with Gasteiger partial charge in [-0.1, -0.05) is 30.3 Å². The molecule has 1 aliphatic heterocycles. The molecule has 1 unspecified atom stereocenters. The van der Waals surface area contributed by atoms with Gasteiger partial charge in [-0.15, -0.1) is 0 Å². The Morgan fingerprint density at radius 1 is 1.15 bits per heavy atom. The third kappa shape index (κ3) is 4.50. The Bertz CT molecular complexity index is 781. The molecule has 0 N–H and O–H groups in total. The van der Waals surface area contributed by atoms with E-state index in [1.165, 1.54) is 12.1 Å². The van der Waals surface area contributed by atoms with Crippen LogP contribution in [-0.2, 0) is 10.9 Å². The molecule has 3 rings (SSSR count). The number of nitrogens with zero attached hydrogens (tertiary/aromatic N) is 1. The number of carbonyl (C=O) groups is 1. The third-order valence-corrected chi connectivity index (χ3v) is 4.85. The van der Waals surface area contributed by atoms with Crippen molar-refractivity contribution in [2.45, 2.75) is 19.5 Å². The summed E-state index contributed by atoms with van der Waals surface area (Å²) in [7, 11) is 0. The molecule has 0 aliphatic carbocycles. The normalized spacial score (nSPS) is 17.1. The van der Waals surface area contributed by atoms with Crippen LogP contribution in [-0.4, -0.2) is 37.1 Å². The van der Waals surface area contributed by atoms with E-state index >= 15 is 0 Å². The molecule has 144 valence electrons. The molecule has 2 aromatic carbocycles. The molecule has 2 aromatic rings. The highest BCUT2D eigenvalue weighted by molar-refractivity contribution is 6.00. The lowest BCUT2D eigenvalue weighted by molar-refractivity contribution is -0.137. The Kier molecular flexibility index (Phi) is 5.85. The standard InChI is InChI=1S/C21H22F3NO2/c1-2-25(13-15-11-12-27-14-15)20(26)19-6-4-3-5-18(19)16-7-9-17(10-8-16)21(22,23)24/h3-10,15H,2,11-14H2,1H3. The van der Waals surface area contributed by atoms with Gasteiger partial charge in [-0.2, -0.15) is 13.2 Å². The van der Waals surface area contributed by atoms with Crippen molar-refractivity contribution in [3.8, 4) is 11.1 Å². The molecule has 0 aromatic heterocycles. The topological polar surface area (TPSA) is 29.5 Å². The minimum absolute atomic E-state index is 0.111. The fraction of sp³-hybridized carbons (Fsp3) is 0.381. The van der Waals surface area contributed by atoms with E-state index in [-0.39, 0.29) is 5.91 Å². The average Bonchev–Trinajstić information content (AvgIpc) is 3.18. The van der Waals surface area contributed by atoms with Crippen molar-refractivity contribution in [2.24, 2.45) is 5.92 Å². The van der Waals surface area contributed by atoms with Crippen LogP contribution in [0.4, 0.5) is 13.2 Å². The monoisotopic (exact) mass is 377 g/mol. The van der Waals surface area contributed by atoms with Crippen molar-refractivity contribution in [3.05, 3.63) is 59.7 Å². The van der Waals surface area contributed by atoms with Gasteiger partial charge in [-0.25, -0.2) is 0 Å². The number of hydrogen-bond acceptors (Lipinski definition) is 2. The first-order valence-electron chi connectivity index (χ1n) is 9.04. The van der Waals surface area contributed by atoms with Gasteiger partial charge in [0.15, 0.2) is 0 Å². The van der Waals surface area contributed by atoms with Gasteiger partial charge in [0.2, 0.25) is 0 Å². The molecule has 0 bridgehead atoms. The van der Waals surface area contributed by atoms with Gasteiger partial charge < -0.3 is 9.64 Å². The average molecular weight is 377 g/mol. The Morgan fingerprint density at radius 2 is 1.85 bits per heavy atom. The second kappa shape index (κ2) is 8.13. The highest BCUT2D eigenvalue weighted by Gasteiger charge is 2.30. The molecule has 1 fully saturated rings. The van der Waals surface area contributed by atoms with Crippen LogP contribution in [0.5, 0.6) is 0 Å². The van der Waals surface area contributed by atoms with Gasteiger partial charge in [0, 0.05) is 31.2 Å². The number of ether oxygens (including phenoxy) is 1. The summed E-state index contributed by atoms with van der Waals surface area (Å²) in [6, 6.07) is 12.0. The fourth-order valence-corrected chi connectivity index (χ4v) is 3.33. The lowest BCUT2D eigenvalue weighted by Gasteiger charge is -2.25. The first kappa shape index (κ1) is 19.4. The first-order chi connectivity index (χ1) is 12.9. The van der Waals surface area contributed by atoms with Crippen LogP contribution in [0.25, 0.3) is 11.1 Å². The summed E-state index contributed by atoms with van der Waals surface area (Å²) in [6.45, 7) is 4.49. The van der Waals surface area contributed by atoms with E-state index < -0.39 is 11.7 Å². The van der Waals surface area contributed by atoms with Crippen LogP contribution in [0, 0.1) is 5.92 Å². The summed E-state index contributed by atoms with van der Waals surface area (Å²) >= 11 is 0. The second-order valence-electron chi connectivity index (χ2n) is 6.69. The van der Waals surface area contributed by atoms with E-state index in [0.29, 0.717) is 42.3 Å². The van der Waals surface area contributed by atoms with Crippen molar-refractivity contribution in [1.82, 2.24) is 4.90 Å². The van der Waals surface area contributed by atoms with E-state index in [9.17, 15) is 18.0 Å². The van der Waals surface area contributed by atoms with Crippen molar-refractivity contribution in [2.75, 3.05) is 26.3 Å². The molecule has 27 heavy (non-hydrogen) atoms. The van der Waals surface area contributed by atoms with E-state index in [2.05, 4.69) is 0 Å². The predicted octanol–water partition coefficient (Wildman–Crippen LogP) is 4.87. The van der Waals surface area contributed by atoms with Gasteiger partial charge in [-0.3, -0.25) is 4.79 Å². The maximum Gasteiger partial charge on any atom is 0.416 e. The molecule has 1 amide bonds. The molecule has 6 heteroatoms. The minimum Gasteiger partial charge on any atom is -0.381 e. The molecular formula is C21H22F3NO2. The van der Waals surface area contributed by atoms with Crippen molar-refractivity contribution >= 4 is 5.91 Å². The Morgan fingerprint density at radius 3 is 2.44 bits per heavy atom. The van der Waals surface area contributed by atoms with E-state index in [1.54, 1.807) is 29.2 Å². The van der Waals surface area contributed by atoms with Gasteiger partial charge in [-0.05, 0) is 42.7 Å². The first-order valence-corrected chi connectivity index (χ1v) is 9.04. The molecular weight excluding hydrogens is 355 g/mol. The second-order valence-corrected chi connectivity index (χ2v) is 6.69. The van der Waals surface area contributed by atoms with Gasteiger partial charge >= 0.3 is 6.18 Å². The van der Waals surface area contributed by atoms with Crippen LogP contribution in [0.2, 0.25) is 0 Å². The SMILES string of the molecule is CCN(CC1CCOC1)C(=O)c1ccccc1-c1ccc(C(F)(F)F)cc1. The zero-order valence-corrected chi connectivity index (χ0v) is 15.1. The predicted molar refractivity (Wildman–Crippen MR) is 97.4 cm³/mol. The Labute approximate surface area is 156 Å². The Hall–Kier alpha value is -2.34. The quantitative estimate of drug-likeness (QED) is 0.744. The summed E-state index contributed by atoms with van der Waals surface area (Å²) in [5, 5.41) is 0. The largest absolute Gasteiger partial charge is 0.416 e. The van der Waals surface area contributed by atoms with Gasteiger partial charge in [0.05, 0.1) is 12.2 Å². The zero-order chi connectivity index (χ0) is 19.4. The number of amides is 1. The number of benzene rings is 2. The van der Waals surface area contributed by atoms with Crippen LogP contribution >= 0.6 is 0 Å². The maximum atomic E-state index is 13.1. The fourth-order valence-electron chi connectivity index (χ4n) is 3.33. The highest BCUT2D eigenvalue weighted by Crippen LogP contribution is 2.32. The molecule has 0 saturated carbocycles. The smallest absolute Gasteiger partial charge is 0.381 e. The van der Waals surface area contributed by atoms with Crippen LogP contribution in [0.15, 0.2) is 48.5 Å².